The van der Waals surface area contributed by atoms with Crippen LogP contribution in [0.25, 0.3) is 0 Å². The summed E-state index contributed by atoms with van der Waals surface area (Å²) in [6, 6.07) is 9.88. The van der Waals surface area contributed by atoms with Crippen molar-refractivity contribution in [2.75, 3.05) is 13.2 Å². The lowest BCUT2D eigenvalue weighted by Crippen LogP contribution is -2.31. The van der Waals surface area contributed by atoms with Crippen LogP contribution >= 0.6 is 0 Å². The van der Waals surface area contributed by atoms with Crippen molar-refractivity contribution < 1.29 is 18.8 Å². The van der Waals surface area contributed by atoms with Crippen LogP contribution in [0.5, 0.6) is 0 Å². The van der Waals surface area contributed by atoms with E-state index >= 15 is 0 Å². The van der Waals surface area contributed by atoms with Gasteiger partial charge in [-0.15, -0.1) is 0 Å². The highest BCUT2D eigenvalue weighted by Crippen LogP contribution is 2.14. The Morgan fingerprint density at radius 2 is 1.96 bits per heavy atom. The molecule has 1 aromatic carbocycles. The maximum absolute atomic E-state index is 11.9. The van der Waals surface area contributed by atoms with Gasteiger partial charge in [0.2, 0.25) is 0 Å². The average Bonchev–Trinajstić information content (AvgIpc) is 2.90. The second-order valence-corrected chi connectivity index (χ2v) is 5.39. The van der Waals surface area contributed by atoms with Crippen LogP contribution in [0.3, 0.4) is 0 Å². The van der Waals surface area contributed by atoms with Crippen LogP contribution in [-0.4, -0.2) is 30.2 Å². The first-order valence-electron chi connectivity index (χ1n) is 7.40. The molecule has 0 aliphatic heterocycles. The van der Waals surface area contributed by atoms with Crippen LogP contribution in [0.15, 0.2) is 34.9 Å². The summed E-state index contributed by atoms with van der Waals surface area (Å²) in [5.41, 5.74) is 1.86. The van der Waals surface area contributed by atoms with Crippen molar-refractivity contribution in [1.29, 1.82) is 0 Å². The van der Waals surface area contributed by atoms with Crippen molar-refractivity contribution in [3.05, 3.63) is 52.9 Å². The number of hydrogen-bond donors (Lipinski definition) is 1. The van der Waals surface area contributed by atoms with E-state index in [0.29, 0.717) is 18.0 Å². The topological polar surface area (TPSA) is 81.4 Å². The van der Waals surface area contributed by atoms with E-state index in [9.17, 15) is 9.59 Å². The minimum Gasteiger partial charge on any atom is -0.452 e. The molecule has 1 heterocycles. The monoisotopic (exact) mass is 316 g/mol. The molecular weight excluding hydrogens is 296 g/mol. The molecule has 23 heavy (non-hydrogen) atoms. The quantitative estimate of drug-likeness (QED) is 0.827. The number of carbonyl (C=O) groups is 2. The minimum absolute atomic E-state index is 0.179. The van der Waals surface area contributed by atoms with E-state index < -0.39 is 5.97 Å². The van der Waals surface area contributed by atoms with Gasteiger partial charge in [-0.05, 0) is 25.3 Å². The number of amides is 1. The lowest BCUT2D eigenvalue weighted by atomic mass is 10.0. The van der Waals surface area contributed by atoms with Gasteiger partial charge in [0.25, 0.3) is 5.91 Å². The van der Waals surface area contributed by atoms with Gasteiger partial charge in [0.05, 0.1) is 5.69 Å². The number of aryl methyl sites for hydroxylation is 2. The van der Waals surface area contributed by atoms with E-state index in [1.165, 1.54) is 0 Å². The van der Waals surface area contributed by atoms with E-state index in [2.05, 4.69) is 10.5 Å². The van der Waals surface area contributed by atoms with Crippen molar-refractivity contribution in [3.63, 3.8) is 0 Å². The lowest BCUT2D eigenvalue weighted by Gasteiger charge is -2.13. The van der Waals surface area contributed by atoms with Crippen molar-refractivity contribution in [2.45, 2.75) is 26.7 Å². The Morgan fingerprint density at radius 1 is 1.26 bits per heavy atom. The van der Waals surface area contributed by atoms with Gasteiger partial charge in [-0.1, -0.05) is 42.4 Å². The van der Waals surface area contributed by atoms with Crippen LogP contribution < -0.4 is 5.32 Å². The summed E-state index contributed by atoms with van der Waals surface area (Å²) >= 11 is 0. The first-order valence-corrected chi connectivity index (χ1v) is 7.40. The first-order chi connectivity index (χ1) is 11.0. The highest BCUT2D eigenvalue weighted by molar-refractivity contribution is 5.93. The van der Waals surface area contributed by atoms with E-state index in [0.717, 1.165) is 5.56 Å². The number of benzene rings is 1. The third-order valence-electron chi connectivity index (χ3n) is 3.55. The predicted octanol–water partition coefficient (Wildman–Crippen LogP) is 2.37. The van der Waals surface area contributed by atoms with Gasteiger partial charge in [0, 0.05) is 6.54 Å². The number of rotatable bonds is 6. The second-order valence-electron chi connectivity index (χ2n) is 5.39. The number of nitrogens with zero attached hydrogens (tertiary/aromatic N) is 1. The van der Waals surface area contributed by atoms with Crippen LogP contribution in [0.1, 0.15) is 40.2 Å². The summed E-state index contributed by atoms with van der Waals surface area (Å²) in [4.78, 5) is 23.7. The number of esters is 1. The van der Waals surface area contributed by atoms with Crippen molar-refractivity contribution in [2.24, 2.45) is 0 Å². The lowest BCUT2D eigenvalue weighted by molar-refractivity contribution is -0.124. The molecule has 6 nitrogen and oxygen atoms in total. The normalized spacial score (nSPS) is 11.8. The number of nitrogens with one attached hydrogen (secondary N) is 1. The van der Waals surface area contributed by atoms with Crippen LogP contribution in [0.2, 0.25) is 0 Å². The molecule has 1 N–H and O–H groups in total. The predicted molar refractivity (Wildman–Crippen MR) is 84.1 cm³/mol. The Morgan fingerprint density at radius 3 is 2.57 bits per heavy atom. The molecule has 0 bridgehead atoms. The summed E-state index contributed by atoms with van der Waals surface area (Å²) in [5.74, 6) is -0.385. The number of hydrogen-bond acceptors (Lipinski definition) is 5. The van der Waals surface area contributed by atoms with E-state index in [-0.39, 0.29) is 24.0 Å². The van der Waals surface area contributed by atoms with E-state index in [4.69, 9.17) is 9.26 Å². The zero-order chi connectivity index (χ0) is 16.8. The summed E-state index contributed by atoms with van der Waals surface area (Å²) in [5, 5.41) is 6.44. The zero-order valence-electron chi connectivity index (χ0n) is 13.5. The molecule has 0 aliphatic carbocycles. The first kappa shape index (κ1) is 16.7. The zero-order valence-corrected chi connectivity index (χ0v) is 13.5. The Balaban J connectivity index is 1.78. The molecule has 0 unspecified atom stereocenters. The summed E-state index contributed by atoms with van der Waals surface area (Å²) in [6.45, 7) is 5.44. The molecule has 0 radical (unpaired) electrons. The molecule has 1 atom stereocenters. The number of ether oxygens (including phenoxy) is 1. The molecule has 1 amide bonds. The molecule has 0 saturated carbocycles. The largest absolute Gasteiger partial charge is 0.452 e. The second kappa shape index (κ2) is 7.58. The van der Waals surface area contributed by atoms with Gasteiger partial charge in [-0.2, -0.15) is 0 Å². The van der Waals surface area contributed by atoms with E-state index in [1.54, 1.807) is 13.8 Å². The number of carbonyl (C=O) groups excluding carboxylic acids is 2. The van der Waals surface area contributed by atoms with Crippen molar-refractivity contribution in [3.8, 4) is 0 Å². The molecule has 1 aromatic heterocycles. The van der Waals surface area contributed by atoms with E-state index in [1.807, 2.05) is 37.3 Å². The number of aromatic nitrogens is 1. The summed E-state index contributed by atoms with van der Waals surface area (Å²) in [7, 11) is 0. The van der Waals surface area contributed by atoms with Gasteiger partial charge in [-0.25, -0.2) is 4.79 Å². The standard InChI is InChI=1S/C17H20N2O4/c1-11(14-7-5-4-6-8-14)9-18-15(20)10-22-17(21)16-12(2)19-23-13(16)3/h4-8,11H,9-10H2,1-3H3,(H,18,20)/t11-/m1/s1. The van der Waals surface area contributed by atoms with Gasteiger partial charge >= 0.3 is 5.97 Å². The molecule has 0 aliphatic rings. The molecule has 0 spiro atoms. The Kier molecular flexibility index (Phi) is 5.51. The van der Waals surface area contributed by atoms with Gasteiger partial charge in [0.1, 0.15) is 11.3 Å². The average molecular weight is 316 g/mol. The minimum atomic E-state index is -0.604. The Hall–Kier alpha value is -2.63. The third kappa shape index (κ3) is 4.42. The fourth-order valence-corrected chi connectivity index (χ4v) is 2.20. The van der Waals surface area contributed by atoms with Gasteiger partial charge in [-0.3, -0.25) is 4.79 Å². The van der Waals surface area contributed by atoms with Crippen LogP contribution in [-0.2, 0) is 9.53 Å². The maximum Gasteiger partial charge on any atom is 0.344 e. The molecular formula is C17H20N2O4. The maximum atomic E-state index is 11.9. The summed E-state index contributed by atoms with van der Waals surface area (Å²) < 4.78 is 9.90. The molecule has 0 saturated heterocycles. The SMILES string of the molecule is Cc1noc(C)c1C(=O)OCC(=O)NC[C@@H](C)c1ccccc1. The highest BCUT2D eigenvalue weighted by Gasteiger charge is 2.20. The Labute approximate surface area is 134 Å². The highest BCUT2D eigenvalue weighted by atomic mass is 16.5. The summed E-state index contributed by atoms with van der Waals surface area (Å²) in [6.07, 6.45) is 0. The third-order valence-corrected chi connectivity index (χ3v) is 3.55. The van der Waals surface area contributed by atoms with Gasteiger partial charge in [0.15, 0.2) is 6.61 Å². The van der Waals surface area contributed by atoms with Crippen molar-refractivity contribution >= 4 is 11.9 Å². The smallest absolute Gasteiger partial charge is 0.344 e. The van der Waals surface area contributed by atoms with Gasteiger partial charge < -0.3 is 14.6 Å². The molecule has 122 valence electrons. The molecule has 2 aromatic rings. The fourth-order valence-electron chi connectivity index (χ4n) is 2.20. The van der Waals surface area contributed by atoms with Crippen LogP contribution in [0, 0.1) is 13.8 Å². The van der Waals surface area contributed by atoms with Crippen LogP contribution in [0.4, 0.5) is 0 Å². The molecule has 2 rings (SSSR count). The molecule has 6 heteroatoms. The molecule has 0 fully saturated rings. The fraction of sp³-hybridized carbons (Fsp3) is 0.353. The van der Waals surface area contributed by atoms with Crippen molar-refractivity contribution in [1.82, 2.24) is 10.5 Å². The Bertz CT molecular complexity index is 660.